The summed E-state index contributed by atoms with van der Waals surface area (Å²) in [6.07, 6.45) is 1.49. The summed E-state index contributed by atoms with van der Waals surface area (Å²) in [5.41, 5.74) is 1.97. The molecule has 20 heavy (non-hydrogen) atoms. The van der Waals surface area contributed by atoms with Crippen molar-refractivity contribution in [1.29, 1.82) is 0 Å². The maximum atomic E-state index is 11.9. The third kappa shape index (κ3) is 3.71. The predicted molar refractivity (Wildman–Crippen MR) is 79.7 cm³/mol. The minimum absolute atomic E-state index is 0.227. The van der Waals surface area contributed by atoms with E-state index < -0.39 is 0 Å². The van der Waals surface area contributed by atoms with Crippen molar-refractivity contribution in [3.05, 3.63) is 54.0 Å². The van der Waals surface area contributed by atoms with E-state index in [1.165, 1.54) is 11.8 Å². The van der Waals surface area contributed by atoms with Gasteiger partial charge in [-0.3, -0.25) is 9.69 Å². The maximum Gasteiger partial charge on any atom is 0.291 e. The molecule has 1 amide bonds. The van der Waals surface area contributed by atoms with E-state index in [1.807, 2.05) is 18.2 Å². The number of carbonyl (C=O) groups excluding carboxylic acids is 1. The normalized spacial score (nSPS) is 10.8. The zero-order chi connectivity index (χ0) is 14.4. The van der Waals surface area contributed by atoms with Crippen LogP contribution < -0.4 is 5.32 Å². The number of benzene rings is 1. The smallest absolute Gasteiger partial charge is 0.291 e. The lowest BCUT2D eigenvalue weighted by atomic mass is 10.2. The molecule has 0 bridgehead atoms. The lowest BCUT2D eigenvalue weighted by Crippen LogP contribution is -2.22. The molecule has 0 radical (unpaired) electrons. The van der Waals surface area contributed by atoms with Gasteiger partial charge in [-0.1, -0.05) is 26.0 Å². The van der Waals surface area contributed by atoms with Crippen LogP contribution in [-0.2, 0) is 6.54 Å². The van der Waals surface area contributed by atoms with Crippen molar-refractivity contribution in [2.75, 3.05) is 18.4 Å². The zero-order valence-corrected chi connectivity index (χ0v) is 11.9. The molecule has 1 heterocycles. The number of hydrogen-bond acceptors (Lipinski definition) is 3. The van der Waals surface area contributed by atoms with Crippen molar-refractivity contribution in [2.24, 2.45) is 0 Å². The van der Waals surface area contributed by atoms with Crippen LogP contribution in [0.5, 0.6) is 0 Å². The molecule has 1 aromatic carbocycles. The molecule has 0 aliphatic heterocycles. The van der Waals surface area contributed by atoms with Gasteiger partial charge < -0.3 is 9.73 Å². The summed E-state index contributed by atoms with van der Waals surface area (Å²) in [7, 11) is 0. The van der Waals surface area contributed by atoms with E-state index in [4.69, 9.17) is 4.42 Å². The number of carbonyl (C=O) groups is 1. The Bertz CT molecular complexity index is 545. The Kier molecular flexibility index (Phi) is 4.96. The molecule has 2 aromatic rings. The molecule has 0 aliphatic rings. The zero-order valence-electron chi connectivity index (χ0n) is 11.9. The lowest BCUT2D eigenvalue weighted by Gasteiger charge is -2.18. The Morgan fingerprint density at radius 2 is 2.00 bits per heavy atom. The van der Waals surface area contributed by atoms with Crippen LogP contribution in [0.3, 0.4) is 0 Å². The predicted octanol–water partition coefficient (Wildman–Crippen LogP) is 3.37. The number of nitrogens with one attached hydrogen (secondary N) is 1. The lowest BCUT2D eigenvalue weighted by molar-refractivity contribution is 0.0996. The van der Waals surface area contributed by atoms with Gasteiger partial charge in [0.1, 0.15) is 0 Å². The van der Waals surface area contributed by atoms with Crippen molar-refractivity contribution in [1.82, 2.24) is 4.90 Å². The number of furan rings is 1. The summed E-state index contributed by atoms with van der Waals surface area (Å²) in [5, 5.41) is 2.84. The fraction of sp³-hybridized carbons (Fsp3) is 0.312. The van der Waals surface area contributed by atoms with E-state index in [2.05, 4.69) is 30.1 Å². The molecule has 4 heteroatoms. The minimum Gasteiger partial charge on any atom is -0.459 e. The average molecular weight is 272 g/mol. The highest BCUT2D eigenvalue weighted by Gasteiger charge is 2.09. The monoisotopic (exact) mass is 272 g/mol. The van der Waals surface area contributed by atoms with E-state index in [1.54, 1.807) is 12.1 Å². The molecule has 1 N–H and O–H groups in total. The second-order valence-corrected chi connectivity index (χ2v) is 4.59. The van der Waals surface area contributed by atoms with E-state index in [9.17, 15) is 4.79 Å². The number of anilines is 1. The largest absolute Gasteiger partial charge is 0.459 e. The van der Waals surface area contributed by atoms with Gasteiger partial charge >= 0.3 is 0 Å². The van der Waals surface area contributed by atoms with Gasteiger partial charge in [-0.15, -0.1) is 0 Å². The summed E-state index contributed by atoms with van der Waals surface area (Å²) in [5.74, 6) is 0.0918. The number of rotatable bonds is 6. The summed E-state index contributed by atoms with van der Waals surface area (Å²) < 4.78 is 5.08. The fourth-order valence-electron chi connectivity index (χ4n) is 2.05. The van der Waals surface area contributed by atoms with Gasteiger partial charge in [-0.05, 0) is 42.9 Å². The topological polar surface area (TPSA) is 45.5 Å². The molecular formula is C16H20N2O2. The standard InChI is InChI=1S/C16H20N2O2/c1-3-18(4-2)12-13-7-5-8-14(11-13)17-16(19)15-9-6-10-20-15/h5-11H,3-4,12H2,1-2H3,(H,17,19). The second kappa shape index (κ2) is 6.91. The minimum atomic E-state index is -0.227. The first kappa shape index (κ1) is 14.3. The summed E-state index contributed by atoms with van der Waals surface area (Å²) in [6, 6.07) is 11.3. The van der Waals surface area contributed by atoms with E-state index in [-0.39, 0.29) is 5.91 Å². The first-order valence-corrected chi connectivity index (χ1v) is 6.89. The van der Waals surface area contributed by atoms with Crippen molar-refractivity contribution in [2.45, 2.75) is 20.4 Å². The van der Waals surface area contributed by atoms with Gasteiger partial charge in [0, 0.05) is 12.2 Å². The molecule has 0 aliphatic carbocycles. The van der Waals surface area contributed by atoms with E-state index in [0.717, 1.165) is 25.3 Å². The second-order valence-electron chi connectivity index (χ2n) is 4.59. The number of nitrogens with zero attached hydrogens (tertiary/aromatic N) is 1. The summed E-state index contributed by atoms with van der Waals surface area (Å²) in [4.78, 5) is 14.2. The van der Waals surface area contributed by atoms with Gasteiger partial charge in [-0.2, -0.15) is 0 Å². The van der Waals surface area contributed by atoms with Gasteiger partial charge in [-0.25, -0.2) is 0 Å². The van der Waals surface area contributed by atoms with Crippen LogP contribution in [0, 0.1) is 0 Å². The Balaban J connectivity index is 2.04. The highest BCUT2D eigenvalue weighted by molar-refractivity contribution is 6.02. The molecule has 106 valence electrons. The SMILES string of the molecule is CCN(CC)Cc1cccc(NC(=O)c2ccco2)c1. The first-order valence-electron chi connectivity index (χ1n) is 6.89. The Labute approximate surface area is 119 Å². The molecule has 1 aromatic heterocycles. The van der Waals surface area contributed by atoms with Crippen LogP contribution in [0.25, 0.3) is 0 Å². The molecule has 0 atom stereocenters. The van der Waals surface area contributed by atoms with Crippen LogP contribution >= 0.6 is 0 Å². The van der Waals surface area contributed by atoms with Crippen molar-refractivity contribution < 1.29 is 9.21 Å². The van der Waals surface area contributed by atoms with Gasteiger partial charge in [0.15, 0.2) is 5.76 Å². The molecule has 4 nitrogen and oxygen atoms in total. The van der Waals surface area contributed by atoms with Crippen LogP contribution in [0.15, 0.2) is 47.1 Å². The van der Waals surface area contributed by atoms with Crippen molar-refractivity contribution in [3.8, 4) is 0 Å². The highest BCUT2D eigenvalue weighted by atomic mass is 16.3. The van der Waals surface area contributed by atoms with Crippen LogP contribution in [0.4, 0.5) is 5.69 Å². The van der Waals surface area contributed by atoms with Crippen molar-refractivity contribution in [3.63, 3.8) is 0 Å². The van der Waals surface area contributed by atoms with Crippen LogP contribution in [-0.4, -0.2) is 23.9 Å². The Hall–Kier alpha value is -2.07. The molecule has 0 spiro atoms. The van der Waals surface area contributed by atoms with Crippen LogP contribution in [0.1, 0.15) is 30.0 Å². The quantitative estimate of drug-likeness (QED) is 0.877. The van der Waals surface area contributed by atoms with Gasteiger partial charge in [0.05, 0.1) is 6.26 Å². The molecule has 0 saturated carbocycles. The van der Waals surface area contributed by atoms with Gasteiger partial charge in [0.25, 0.3) is 5.91 Å². The molecule has 2 rings (SSSR count). The first-order chi connectivity index (χ1) is 9.72. The average Bonchev–Trinajstić information content (AvgIpc) is 2.99. The summed E-state index contributed by atoms with van der Waals surface area (Å²) >= 11 is 0. The Morgan fingerprint density at radius 1 is 1.20 bits per heavy atom. The maximum absolute atomic E-state index is 11.9. The van der Waals surface area contributed by atoms with Crippen molar-refractivity contribution >= 4 is 11.6 Å². The van der Waals surface area contributed by atoms with E-state index >= 15 is 0 Å². The Morgan fingerprint density at radius 3 is 2.65 bits per heavy atom. The van der Waals surface area contributed by atoms with E-state index in [0.29, 0.717) is 5.76 Å². The van der Waals surface area contributed by atoms with Crippen LogP contribution in [0.2, 0.25) is 0 Å². The third-order valence-corrected chi connectivity index (χ3v) is 3.23. The number of hydrogen-bond donors (Lipinski definition) is 1. The fourth-order valence-corrected chi connectivity index (χ4v) is 2.05. The summed E-state index contributed by atoms with van der Waals surface area (Å²) in [6.45, 7) is 7.20. The molecule has 0 unspecified atom stereocenters. The highest BCUT2D eigenvalue weighted by Crippen LogP contribution is 2.14. The molecule has 0 saturated heterocycles. The number of amides is 1. The van der Waals surface area contributed by atoms with Gasteiger partial charge in [0.2, 0.25) is 0 Å². The molecular weight excluding hydrogens is 252 g/mol. The third-order valence-electron chi connectivity index (χ3n) is 3.23. The molecule has 0 fully saturated rings.